The molecule has 0 atom stereocenters. The molecule has 0 N–H and O–H groups in total. The molecule has 0 aliphatic heterocycles. The summed E-state index contributed by atoms with van der Waals surface area (Å²) in [5, 5.41) is 4.42. The Morgan fingerprint density at radius 2 is 2.00 bits per heavy atom. The van der Waals surface area contributed by atoms with Crippen LogP contribution in [-0.4, -0.2) is 49.6 Å². The third kappa shape index (κ3) is 4.18. The Bertz CT molecular complexity index is 461. The fourth-order valence-corrected chi connectivity index (χ4v) is 2.50. The lowest BCUT2D eigenvalue weighted by Crippen LogP contribution is -2.41. The van der Waals surface area contributed by atoms with Gasteiger partial charge >= 0.3 is 0 Å². The first kappa shape index (κ1) is 16.9. The highest BCUT2D eigenvalue weighted by molar-refractivity contribution is 6.74. The van der Waals surface area contributed by atoms with Crippen LogP contribution in [-0.2, 0) is 11.0 Å². The Kier molecular flexibility index (Phi) is 5.15. The van der Waals surface area contributed by atoms with Gasteiger partial charge in [0.15, 0.2) is 8.32 Å². The van der Waals surface area contributed by atoms with E-state index in [1.165, 1.54) is 0 Å². The number of rotatable bonds is 5. The average molecular weight is 297 g/mol. The standard InChI is InChI=1S/C14H27N3O2Si/c1-14(2,3)20(6,7)19-9-8-17-11-12(10-15-17)13(18)16(4)5/h10-11H,8-9H2,1-7H3. The largest absolute Gasteiger partial charge is 0.415 e. The van der Waals surface area contributed by atoms with Gasteiger partial charge in [0.05, 0.1) is 24.9 Å². The van der Waals surface area contributed by atoms with E-state index in [-0.39, 0.29) is 10.9 Å². The summed E-state index contributed by atoms with van der Waals surface area (Å²) in [5.74, 6) is -0.0263. The van der Waals surface area contributed by atoms with E-state index in [4.69, 9.17) is 4.43 Å². The predicted molar refractivity (Wildman–Crippen MR) is 83.4 cm³/mol. The molecule has 0 unspecified atom stereocenters. The van der Waals surface area contributed by atoms with Crippen LogP contribution in [0.3, 0.4) is 0 Å². The van der Waals surface area contributed by atoms with Crippen molar-refractivity contribution in [1.29, 1.82) is 0 Å². The molecular formula is C14H27N3O2Si. The number of aromatic nitrogens is 2. The number of carbonyl (C=O) groups is 1. The van der Waals surface area contributed by atoms with Crippen LogP contribution >= 0.6 is 0 Å². The van der Waals surface area contributed by atoms with Gasteiger partial charge in [0, 0.05) is 20.3 Å². The van der Waals surface area contributed by atoms with E-state index in [0.717, 1.165) is 0 Å². The van der Waals surface area contributed by atoms with E-state index in [9.17, 15) is 4.79 Å². The van der Waals surface area contributed by atoms with Gasteiger partial charge in [-0.1, -0.05) is 20.8 Å². The second kappa shape index (κ2) is 6.09. The minimum atomic E-state index is -1.71. The number of hydrogen-bond acceptors (Lipinski definition) is 3. The van der Waals surface area contributed by atoms with Crippen molar-refractivity contribution in [3.05, 3.63) is 18.0 Å². The molecular weight excluding hydrogens is 270 g/mol. The minimum Gasteiger partial charge on any atom is -0.415 e. The van der Waals surface area contributed by atoms with Crippen LogP contribution in [0, 0.1) is 0 Å². The van der Waals surface area contributed by atoms with Gasteiger partial charge in [-0.25, -0.2) is 0 Å². The highest BCUT2D eigenvalue weighted by atomic mass is 28.4. The molecule has 20 heavy (non-hydrogen) atoms. The molecule has 6 heteroatoms. The Balaban J connectivity index is 2.54. The van der Waals surface area contributed by atoms with Crippen LogP contribution in [0.5, 0.6) is 0 Å². The van der Waals surface area contributed by atoms with E-state index in [1.807, 2.05) is 0 Å². The molecule has 1 aromatic rings. The van der Waals surface area contributed by atoms with Crippen molar-refractivity contribution in [1.82, 2.24) is 14.7 Å². The van der Waals surface area contributed by atoms with E-state index in [2.05, 4.69) is 39.0 Å². The highest BCUT2D eigenvalue weighted by Crippen LogP contribution is 2.36. The second-order valence-electron chi connectivity index (χ2n) is 6.80. The number of hydrogen-bond donors (Lipinski definition) is 0. The van der Waals surface area contributed by atoms with Crippen molar-refractivity contribution in [3.63, 3.8) is 0 Å². The summed E-state index contributed by atoms with van der Waals surface area (Å²) >= 11 is 0. The molecule has 1 aromatic heterocycles. The monoisotopic (exact) mass is 297 g/mol. The fourth-order valence-electron chi connectivity index (χ4n) is 1.47. The quantitative estimate of drug-likeness (QED) is 0.785. The molecule has 0 saturated carbocycles. The van der Waals surface area contributed by atoms with Crippen molar-refractivity contribution >= 4 is 14.2 Å². The van der Waals surface area contributed by atoms with Crippen molar-refractivity contribution in [2.75, 3.05) is 20.7 Å². The molecule has 114 valence electrons. The molecule has 0 saturated heterocycles. The normalized spacial score (nSPS) is 12.6. The smallest absolute Gasteiger partial charge is 0.256 e. The first-order valence-electron chi connectivity index (χ1n) is 6.92. The van der Waals surface area contributed by atoms with Crippen molar-refractivity contribution in [3.8, 4) is 0 Å². The summed E-state index contributed by atoms with van der Waals surface area (Å²) < 4.78 is 7.87. The second-order valence-corrected chi connectivity index (χ2v) is 11.6. The lowest BCUT2D eigenvalue weighted by Gasteiger charge is -2.36. The molecule has 1 heterocycles. The van der Waals surface area contributed by atoms with Gasteiger partial charge in [0.25, 0.3) is 5.91 Å². The third-order valence-corrected chi connectivity index (χ3v) is 8.41. The maximum Gasteiger partial charge on any atom is 0.256 e. The fraction of sp³-hybridized carbons (Fsp3) is 0.714. The van der Waals surface area contributed by atoms with Crippen molar-refractivity contribution < 1.29 is 9.22 Å². The number of carbonyl (C=O) groups excluding carboxylic acids is 1. The van der Waals surface area contributed by atoms with Gasteiger partial charge < -0.3 is 9.33 Å². The molecule has 1 amide bonds. The minimum absolute atomic E-state index is 0.0263. The predicted octanol–water partition coefficient (Wildman–Crippen LogP) is 2.61. The third-order valence-electron chi connectivity index (χ3n) is 3.88. The summed E-state index contributed by atoms with van der Waals surface area (Å²) in [6.07, 6.45) is 3.38. The summed E-state index contributed by atoms with van der Waals surface area (Å²) in [6.45, 7) is 12.4. The Morgan fingerprint density at radius 1 is 1.40 bits per heavy atom. The van der Waals surface area contributed by atoms with Crippen LogP contribution in [0.4, 0.5) is 0 Å². The summed E-state index contributed by atoms with van der Waals surface area (Å²) in [6, 6.07) is 0. The van der Waals surface area contributed by atoms with Crippen LogP contribution in [0.2, 0.25) is 18.1 Å². The highest BCUT2D eigenvalue weighted by Gasteiger charge is 2.36. The first-order chi connectivity index (χ1) is 9.04. The van der Waals surface area contributed by atoms with Gasteiger partial charge in [-0.05, 0) is 18.1 Å². The zero-order chi connectivity index (χ0) is 15.6. The number of nitrogens with zero attached hydrogens (tertiary/aromatic N) is 3. The van der Waals surface area contributed by atoms with E-state index in [0.29, 0.717) is 18.7 Å². The SMILES string of the molecule is CN(C)C(=O)c1cnn(CCO[Si](C)(C)C(C)(C)C)c1. The van der Waals surface area contributed by atoms with Gasteiger partial charge in [0.2, 0.25) is 0 Å². The van der Waals surface area contributed by atoms with Gasteiger partial charge in [0.1, 0.15) is 0 Å². The molecule has 0 bridgehead atoms. The molecule has 0 radical (unpaired) electrons. The van der Waals surface area contributed by atoms with Crippen LogP contribution in [0.1, 0.15) is 31.1 Å². The molecule has 0 aromatic carbocycles. The zero-order valence-corrected chi connectivity index (χ0v) is 14.7. The van der Waals surface area contributed by atoms with Crippen molar-refractivity contribution in [2.24, 2.45) is 0 Å². The maximum absolute atomic E-state index is 11.8. The average Bonchev–Trinajstić information content (AvgIpc) is 2.74. The topological polar surface area (TPSA) is 47.4 Å². The van der Waals surface area contributed by atoms with Gasteiger partial charge in [-0.15, -0.1) is 0 Å². The Morgan fingerprint density at radius 3 is 2.50 bits per heavy atom. The maximum atomic E-state index is 11.8. The van der Waals surface area contributed by atoms with E-state index in [1.54, 1.807) is 36.1 Å². The van der Waals surface area contributed by atoms with E-state index >= 15 is 0 Å². The molecule has 1 rings (SSSR count). The van der Waals surface area contributed by atoms with E-state index < -0.39 is 8.32 Å². The summed E-state index contributed by atoms with van der Waals surface area (Å²) in [4.78, 5) is 13.3. The summed E-state index contributed by atoms with van der Waals surface area (Å²) in [5.41, 5.74) is 0.613. The Hall–Kier alpha value is -1.14. The molecule has 5 nitrogen and oxygen atoms in total. The van der Waals surface area contributed by atoms with Gasteiger partial charge in [-0.3, -0.25) is 9.48 Å². The summed E-state index contributed by atoms with van der Waals surface area (Å²) in [7, 11) is 1.76. The van der Waals surface area contributed by atoms with Crippen LogP contribution < -0.4 is 0 Å². The van der Waals surface area contributed by atoms with Crippen molar-refractivity contribution in [2.45, 2.75) is 45.4 Å². The van der Waals surface area contributed by atoms with Gasteiger partial charge in [-0.2, -0.15) is 5.10 Å². The molecule has 0 spiro atoms. The Labute approximate surface area is 123 Å². The lowest BCUT2D eigenvalue weighted by molar-refractivity contribution is 0.0827. The van der Waals surface area contributed by atoms with Crippen LogP contribution in [0.25, 0.3) is 0 Å². The lowest BCUT2D eigenvalue weighted by atomic mass is 10.2. The molecule has 0 fully saturated rings. The molecule has 0 aliphatic carbocycles. The zero-order valence-electron chi connectivity index (χ0n) is 13.7. The number of amides is 1. The van der Waals surface area contributed by atoms with Crippen LogP contribution in [0.15, 0.2) is 12.4 Å². The first-order valence-corrected chi connectivity index (χ1v) is 9.83. The molecule has 0 aliphatic rings.